The molecule has 0 fully saturated rings. The van der Waals surface area contributed by atoms with E-state index in [2.05, 4.69) is 39.6 Å². The number of carbonyl (C=O) groups excluding carboxylic acids is 1. The Labute approximate surface area is 171 Å². The van der Waals surface area contributed by atoms with Crippen LogP contribution in [0.1, 0.15) is 27.0 Å². The summed E-state index contributed by atoms with van der Waals surface area (Å²) in [7, 11) is 2.02. The average molecular weight is 464 g/mol. The van der Waals surface area contributed by atoms with Gasteiger partial charge in [0, 0.05) is 32.2 Å². The molecular formula is C20H25IN4O. The van der Waals surface area contributed by atoms with Crippen LogP contribution in [0.15, 0.2) is 53.5 Å². The van der Waals surface area contributed by atoms with E-state index in [0.29, 0.717) is 18.7 Å². The van der Waals surface area contributed by atoms with Crippen molar-refractivity contribution in [2.75, 3.05) is 20.1 Å². The predicted octanol–water partition coefficient (Wildman–Crippen LogP) is 2.93. The van der Waals surface area contributed by atoms with Crippen LogP contribution in [0.4, 0.5) is 0 Å². The number of hydrogen-bond acceptors (Lipinski definition) is 4. The first kappa shape index (κ1) is 20.2. The Hall–Kier alpha value is -2.09. The number of carbonyl (C=O) groups is 1. The second kappa shape index (κ2) is 9.56. The highest BCUT2D eigenvalue weighted by Crippen LogP contribution is 2.08. The fraction of sp³-hybridized carbons (Fsp3) is 0.300. The number of benzene rings is 2. The maximum Gasteiger partial charge on any atom is 0.251 e. The fourth-order valence-corrected chi connectivity index (χ4v) is 2.72. The van der Waals surface area contributed by atoms with Crippen molar-refractivity contribution in [2.45, 2.75) is 20.0 Å². The minimum Gasteiger partial charge on any atom is -0.352 e. The fourth-order valence-electron chi connectivity index (χ4n) is 2.72. The molecule has 0 aliphatic carbocycles. The monoisotopic (exact) mass is 464 g/mol. The van der Waals surface area contributed by atoms with Crippen LogP contribution < -0.4 is 10.6 Å². The van der Waals surface area contributed by atoms with Gasteiger partial charge in [-0.3, -0.25) is 9.79 Å². The van der Waals surface area contributed by atoms with Gasteiger partial charge >= 0.3 is 0 Å². The SMILES string of the molecule is Cc1ccc(CNC(=O)c2cccc(CNC3=NCCN3C)c2)cc1.I. The summed E-state index contributed by atoms with van der Waals surface area (Å²) in [5, 5.41) is 6.30. The molecule has 0 radical (unpaired) electrons. The molecule has 2 N–H and O–H groups in total. The lowest BCUT2D eigenvalue weighted by Gasteiger charge is -2.15. The maximum absolute atomic E-state index is 12.4. The molecule has 1 aliphatic rings. The molecule has 0 bridgehead atoms. The molecule has 0 aromatic heterocycles. The first-order chi connectivity index (χ1) is 12.1. The lowest BCUT2D eigenvalue weighted by molar-refractivity contribution is 0.0951. The normalized spacial score (nSPS) is 13.0. The standard InChI is InChI=1S/C20H24N4O.HI/c1-15-6-8-16(9-7-15)13-22-19(25)18-5-3-4-17(12-18)14-23-20-21-10-11-24(20)2;/h3-9,12H,10-11,13-14H2,1-2H3,(H,21,23)(H,22,25);1H. The molecule has 0 unspecified atom stereocenters. The van der Waals surface area contributed by atoms with Gasteiger partial charge in [-0.25, -0.2) is 0 Å². The minimum absolute atomic E-state index is 0. The van der Waals surface area contributed by atoms with E-state index in [1.54, 1.807) is 0 Å². The quantitative estimate of drug-likeness (QED) is 0.670. The number of hydrogen-bond donors (Lipinski definition) is 2. The molecule has 5 nitrogen and oxygen atoms in total. The highest BCUT2D eigenvalue weighted by Gasteiger charge is 2.12. The Kier molecular flexibility index (Phi) is 7.44. The molecule has 0 saturated carbocycles. The van der Waals surface area contributed by atoms with Crippen molar-refractivity contribution in [3.63, 3.8) is 0 Å². The molecule has 2 aromatic carbocycles. The molecule has 1 amide bonds. The molecule has 1 aliphatic heterocycles. The summed E-state index contributed by atoms with van der Waals surface area (Å²) in [6.07, 6.45) is 0. The van der Waals surface area contributed by atoms with Crippen molar-refractivity contribution in [2.24, 2.45) is 4.99 Å². The van der Waals surface area contributed by atoms with Crippen molar-refractivity contribution in [1.82, 2.24) is 15.5 Å². The third-order valence-electron chi connectivity index (χ3n) is 4.27. The largest absolute Gasteiger partial charge is 0.352 e. The summed E-state index contributed by atoms with van der Waals surface area (Å²) in [6, 6.07) is 15.9. The number of aryl methyl sites for hydroxylation is 1. The number of nitrogens with zero attached hydrogens (tertiary/aromatic N) is 2. The van der Waals surface area contributed by atoms with E-state index in [1.807, 2.05) is 43.4 Å². The Morgan fingerprint density at radius 2 is 1.88 bits per heavy atom. The zero-order chi connectivity index (χ0) is 17.6. The topological polar surface area (TPSA) is 56.7 Å². The highest BCUT2D eigenvalue weighted by molar-refractivity contribution is 14.0. The van der Waals surface area contributed by atoms with Gasteiger partial charge in [0.1, 0.15) is 0 Å². The maximum atomic E-state index is 12.4. The van der Waals surface area contributed by atoms with Crippen LogP contribution in [0, 0.1) is 6.92 Å². The van der Waals surface area contributed by atoms with Crippen LogP contribution in [-0.2, 0) is 13.1 Å². The number of halogens is 1. The van der Waals surface area contributed by atoms with Gasteiger partial charge in [-0.2, -0.15) is 0 Å². The summed E-state index contributed by atoms with van der Waals surface area (Å²) >= 11 is 0. The van der Waals surface area contributed by atoms with E-state index in [-0.39, 0.29) is 29.9 Å². The predicted molar refractivity (Wildman–Crippen MR) is 116 cm³/mol. The van der Waals surface area contributed by atoms with Crippen molar-refractivity contribution in [3.05, 3.63) is 70.8 Å². The van der Waals surface area contributed by atoms with Crippen molar-refractivity contribution in [3.8, 4) is 0 Å². The van der Waals surface area contributed by atoms with Crippen molar-refractivity contribution < 1.29 is 4.79 Å². The average Bonchev–Trinajstić information content (AvgIpc) is 3.04. The first-order valence-corrected chi connectivity index (χ1v) is 8.54. The van der Waals surface area contributed by atoms with E-state index >= 15 is 0 Å². The van der Waals surface area contributed by atoms with E-state index in [4.69, 9.17) is 0 Å². The summed E-state index contributed by atoms with van der Waals surface area (Å²) in [5.41, 5.74) is 4.05. The van der Waals surface area contributed by atoms with Gasteiger partial charge in [0.05, 0.1) is 6.54 Å². The Bertz CT molecular complexity index is 774. The van der Waals surface area contributed by atoms with Crippen molar-refractivity contribution in [1.29, 1.82) is 0 Å². The number of aliphatic imine (C=N–C) groups is 1. The lowest BCUT2D eigenvalue weighted by atomic mass is 10.1. The molecule has 2 aromatic rings. The molecule has 138 valence electrons. The highest BCUT2D eigenvalue weighted by atomic mass is 127. The Balaban J connectivity index is 0.00000243. The van der Waals surface area contributed by atoms with Gasteiger partial charge in [0.2, 0.25) is 0 Å². The van der Waals surface area contributed by atoms with Gasteiger partial charge in [-0.05, 0) is 30.2 Å². The summed E-state index contributed by atoms with van der Waals surface area (Å²) in [6.45, 7) is 5.02. The number of rotatable bonds is 5. The summed E-state index contributed by atoms with van der Waals surface area (Å²) in [5.74, 6) is 0.854. The second-order valence-corrected chi connectivity index (χ2v) is 6.35. The van der Waals surface area contributed by atoms with Gasteiger partial charge in [-0.1, -0.05) is 42.0 Å². The third-order valence-corrected chi connectivity index (χ3v) is 4.27. The number of nitrogens with one attached hydrogen (secondary N) is 2. The first-order valence-electron chi connectivity index (χ1n) is 8.54. The van der Waals surface area contributed by atoms with Crippen LogP contribution in [0.25, 0.3) is 0 Å². The smallest absolute Gasteiger partial charge is 0.251 e. The number of amides is 1. The molecule has 26 heavy (non-hydrogen) atoms. The van der Waals surface area contributed by atoms with Gasteiger partial charge in [0.25, 0.3) is 5.91 Å². The Morgan fingerprint density at radius 1 is 1.12 bits per heavy atom. The van der Waals surface area contributed by atoms with E-state index in [1.165, 1.54) is 5.56 Å². The molecule has 3 rings (SSSR count). The molecular weight excluding hydrogens is 439 g/mol. The van der Waals surface area contributed by atoms with E-state index < -0.39 is 0 Å². The lowest BCUT2D eigenvalue weighted by Crippen LogP contribution is -2.35. The zero-order valence-corrected chi connectivity index (χ0v) is 17.5. The molecule has 1 heterocycles. The van der Waals surface area contributed by atoms with E-state index in [9.17, 15) is 4.79 Å². The minimum atomic E-state index is -0.0576. The number of guanidine groups is 1. The molecule has 0 spiro atoms. The second-order valence-electron chi connectivity index (χ2n) is 6.35. The van der Waals surface area contributed by atoms with Gasteiger partial charge < -0.3 is 15.5 Å². The van der Waals surface area contributed by atoms with Crippen LogP contribution >= 0.6 is 24.0 Å². The van der Waals surface area contributed by atoms with Crippen LogP contribution in [0.2, 0.25) is 0 Å². The Morgan fingerprint density at radius 3 is 2.58 bits per heavy atom. The third kappa shape index (κ3) is 5.45. The van der Waals surface area contributed by atoms with Crippen LogP contribution in [-0.4, -0.2) is 36.9 Å². The van der Waals surface area contributed by atoms with E-state index in [0.717, 1.165) is 30.2 Å². The number of likely N-dealkylation sites (N-methyl/N-ethyl adjacent to an activating group) is 1. The zero-order valence-electron chi connectivity index (χ0n) is 15.2. The van der Waals surface area contributed by atoms with Crippen molar-refractivity contribution >= 4 is 35.8 Å². The van der Waals surface area contributed by atoms with Crippen LogP contribution in [0.5, 0.6) is 0 Å². The van der Waals surface area contributed by atoms with Gasteiger partial charge in [0.15, 0.2) is 5.96 Å². The molecule has 6 heteroatoms. The van der Waals surface area contributed by atoms with Gasteiger partial charge in [-0.15, -0.1) is 24.0 Å². The van der Waals surface area contributed by atoms with Crippen LogP contribution in [0.3, 0.4) is 0 Å². The summed E-state index contributed by atoms with van der Waals surface area (Å²) in [4.78, 5) is 18.9. The summed E-state index contributed by atoms with van der Waals surface area (Å²) < 4.78 is 0. The molecule has 0 saturated heterocycles. The molecule has 0 atom stereocenters.